The molecule has 1 aromatic heterocycles. The SMILES string of the molecule is Cc1cc(C2=NCCN2N)n(-c2ccc(F)cc2)n1. The molecule has 2 aromatic rings. The molecule has 2 heterocycles. The molecule has 19 heavy (non-hydrogen) atoms. The number of aliphatic imine (C=N–C) groups is 1. The van der Waals surface area contributed by atoms with E-state index in [-0.39, 0.29) is 5.82 Å². The number of hydrogen-bond acceptors (Lipinski definition) is 4. The van der Waals surface area contributed by atoms with E-state index in [4.69, 9.17) is 5.84 Å². The largest absolute Gasteiger partial charge is 0.291 e. The fourth-order valence-corrected chi connectivity index (χ4v) is 2.13. The smallest absolute Gasteiger partial charge is 0.164 e. The maximum Gasteiger partial charge on any atom is 0.164 e. The van der Waals surface area contributed by atoms with E-state index >= 15 is 0 Å². The van der Waals surface area contributed by atoms with E-state index in [2.05, 4.69) is 10.1 Å². The zero-order valence-corrected chi connectivity index (χ0v) is 10.5. The number of rotatable bonds is 2. The molecule has 0 atom stereocenters. The molecule has 6 heteroatoms. The van der Waals surface area contributed by atoms with Crippen LogP contribution in [0.2, 0.25) is 0 Å². The predicted octanol–water partition coefficient (Wildman–Crippen LogP) is 1.26. The van der Waals surface area contributed by atoms with Crippen molar-refractivity contribution in [3.05, 3.63) is 47.5 Å². The molecule has 0 radical (unpaired) electrons. The van der Waals surface area contributed by atoms with Crippen LogP contribution in [-0.2, 0) is 0 Å². The second-order valence-corrected chi connectivity index (χ2v) is 4.46. The number of aromatic nitrogens is 2. The summed E-state index contributed by atoms with van der Waals surface area (Å²) in [7, 11) is 0. The number of nitrogens with two attached hydrogens (primary N) is 1. The average molecular weight is 259 g/mol. The van der Waals surface area contributed by atoms with Crippen molar-refractivity contribution in [3.63, 3.8) is 0 Å². The molecule has 0 saturated heterocycles. The van der Waals surface area contributed by atoms with Crippen LogP contribution in [0.4, 0.5) is 4.39 Å². The van der Waals surface area contributed by atoms with Crippen LogP contribution in [0.1, 0.15) is 11.4 Å². The Bertz CT molecular complexity index is 629. The molecule has 5 nitrogen and oxygen atoms in total. The highest BCUT2D eigenvalue weighted by atomic mass is 19.1. The van der Waals surface area contributed by atoms with E-state index in [0.717, 1.165) is 17.1 Å². The van der Waals surface area contributed by atoms with Gasteiger partial charge in [0, 0.05) is 0 Å². The lowest BCUT2D eigenvalue weighted by molar-refractivity contribution is 0.482. The highest BCUT2D eigenvalue weighted by Gasteiger charge is 2.20. The van der Waals surface area contributed by atoms with E-state index in [1.807, 2.05) is 13.0 Å². The highest BCUT2D eigenvalue weighted by Crippen LogP contribution is 2.16. The standard InChI is InChI=1S/C13H14FN5/c1-9-8-12(13-16-6-7-18(13)15)19(17-9)11-4-2-10(14)3-5-11/h2-5,8H,6-7,15H2,1H3. The van der Waals surface area contributed by atoms with Crippen LogP contribution in [0.15, 0.2) is 35.3 Å². The van der Waals surface area contributed by atoms with Crippen molar-refractivity contribution in [3.8, 4) is 5.69 Å². The van der Waals surface area contributed by atoms with Gasteiger partial charge in [-0.05, 0) is 37.3 Å². The van der Waals surface area contributed by atoms with Gasteiger partial charge in [-0.2, -0.15) is 5.10 Å². The lowest BCUT2D eigenvalue weighted by Crippen LogP contribution is -2.36. The first-order chi connectivity index (χ1) is 9.15. The van der Waals surface area contributed by atoms with E-state index in [1.54, 1.807) is 21.8 Å². The molecule has 0 bridgehead atoms. The Hall–Kier alpha value is -2.21. The molecule has 0 aliphatic carbocycles. The quantitative estimate of drug-likeness (QED) is 0.826. The maximum absolute atomic E-state index is 13.0. The Kier molecular flexibility index (Phi) is 2.79. The van der Waals surface area contributed by atoms with Crippen LogP contribution in [0.25, 0.3) is 5.69 Å². The Labute approximate surface area is 110 Å². The first-order valence-electron chi connectivity index (χ1n) is 6.05. The number of amidine groups is 1. The molecule has 0 unspecified atom stereocenters. The Morgan fingerprint density at radius 2 is 2.00 bits per heavy atom. The van der Waals surface area contributed by atoms with Crippen LogP contribution >= 0.6 is 0 Å². The monoisotopic (exact) mass is 259 g/mol. The zero-order valence-electron chi connectivity index (χ0n) is 10.5. The van der Waals surface area contributed by atoms with E-state index in [0.29, 0.717) is 18.9 Å². The maximum atomic E-state index is 13.0. The minimum Gasteiger partial charge on any atom is -0.291 e. The van der Waals surface area contributed by atoms with Crippen molar-refractivity contribution in [1.29, 1.82) is 0 Å². The molecular formula is C13H14FN5. The fraction of sp³-hybridized carbons (Fsp3) is 0.231. The topological polar surface area (TPSA) is 59.4 Å². The van der Waals surface area contributed by atoms with Gasteiger partial charge in [0.2, 0.25) is 0 Å². The lowest BCUT2D eigenvalue weighted by Gasteiger charge is -2.14. The van der Waals surface area contributed by atoms with Gasteiger partial charge >= 0.3 is 0 Å². The van der Waals surface area contributed by atoms with Gasteiger partial charge in [-0.25, -0.2) is 14.9 Å². The molecule has 0 spiro atoms. The van der Waals surface area contributed by atoms with E-state index < -0.39 is 0 Å². The van der Waals surface area contributed by atoms with Crippen molar-refractivity contribution in [2.24, 2.45) is 10.8 Å². The molecular weight excluding hydrogens is 245 g/mol. The number of nitrogens with zero attached hydrogens (tertiary/aromatic N) is 4. The third-order valence-electron chi connectivity index (χ3n) is 3.01. The molecule has 1 aliphatic heterocycles. The third-order valence-corrected chi connectivity index (χ3v) is 3.01. The summed E-state index contributed by atoms with van der Waals surface area (Å²) in [5.74, 6) is 6.34. The van der Waals surface area contributed by atoms with Gasteiger partial charge in [-0.15, -0.1) is 0 Å². The minimum atomic E-state index is -0.271. The van der Waals surface area contributed by atoms with Crippen molar-refractivity contribution in [1.82, 2.24) is 14.8 Å². The summed E-state index contributed by atoms with van der Waals surface area (Å²) in [4.78, 5) is 4.39. The van der Waals surface area contributed by atoms with Crippen molar-refractivity contribution in [2.45, 2.75) is 6.92 Å². The first kappa shape index (κ1) is 11.9. The molecule has 0 amide bonds. The summed E-state index contributed by atoms with van der Waals surface area (Å²) in [5, 5.41) is 6.03. The van der Waals surface area contributed by atoms with Crippen molar-refractivity contribution >= 4 is 5.84 Å². The number of benzene rings is 1. The number of hydrazine groups is 1. The van der Waals surface area contributed by atoms with E-state index in [9.17, 15) is 4.39 Å². The summed E-state index contributed by atoms with van der Waals surface area (Å²) >= 11 is 0. The van der Waals surface area contributed by atoms with Gasteiger partial charge in [-0.3, -0.25) is 10.0 Å². The van der Waals surface area contributed by atoms with Crippen LogP contribution in [0.5, 0.6) is 0 Å². The highest BCUT2D eigenvalue weighted by molar-refractivity contribution is 5.98. The molecule has 3 rings (SSSR count). The first-order valence-corrected chi connectivity index (χ1v) is 6.05. The van der Waals surface area contributed by atoms with Crippen molar-refractivity contribution < 1.29 is 4.39 Å². The lowest BCUT2D eigenvalue weighted by atomic mass is 10.3. The number of hydrogen-bond donors (Lipinski definition) is 1. The summed E-state index contributed by atoms with van der Waals surface area (Å²) in [5.41, 5.74) is 2.47. The Morgan fingerprint density at radius 1 is 1.26 bits per heavy atom. The third kappa shape index (κ3) is 2.10. The van der Waals surface area contributed by atoms with Crippen LogP contribution in [0.3, 0.4) is 0 Å². The Morgan fingerprint density at radius 3 is 2.63 bits per heavy atom. The van der Waals surface area contributed by atoms with Gasteiger partial charge in [-0.1, -0.05) is 0 Å². The van der Waals surface area contributed by atoms with Gasteiger partial charge in [0.25, 0.3) is 0 Å². The van der Waals surface area contributed by atoms with Crippen molar-refractivity contribution in [2.75, 3.05) is 13.1 Å². The second-order valence-electron chi connectivity index (χ2n) is 4.46. The average Bonchev–Trinajstić information content (AvgIpc) is 2.96. The second kappa shape index (κ2) is 4.47. The normalized spacial score (nSPS) is 14.9. The summed E-state index contributed by atoms with van der Waals surface area (Å²) in [6.45, 7) is 3.28. The van der Waals surface area contributed by atoms with Gasteiger partial charge in [0.15, 0.2) is 5.84 Å². The Balaban J connectivity index is 2.09. The van der Waals surface area contributed by atoms with E-state index in [1.165, 1.54) is 12.1 Å². The molecule has 2 N–H and O–H groups in total. The summed E-state index contributed by atoms with van der Waals surface area (Å²) in [6.07, 6.45) is 0. The summed E-state index contributed by atoms with van der Waals surface area (Å²) < 4.78 is 14.7. The fourth-order valence-electron chi connectivity index (χ4n) is 2.13. The van der Waals surface area contributed by atoms with Crippen LogP contribution < -0.4 is 5.84 Å². The minimum absolute atomic E-state index is 0.271. The van der Waals surface area contributed by atoms with Crippen LogP contribution in [-0.4, -0.2) is 33.7 Å². The zero-order chi connectivity index (χ0) is 13.4. The predicted molar refractivity (Wildman–Crippen MR) is 70.6 cm³/mol. The number of halogens is 1. The molecule has 0 fully saturated rings. The molecule has 1 aromatic carbocycles. The van der Waals surface area contributed by atoms with Crippen LogP contribution in [0, 0.1) is 12.7 Å². The van der Waals surface area contributed by atoms with Gasteiger partial charge in [0.05, 0.1) is 24.5 Å². The van der Waals surface area contributed by atoms with Gasteiger partial charge < -0.3 is 0 Å². The molecule has 1 aliphatic rings. The summed E-state index contributed by atoms with van der Waals surface area (Å²) in [6, 6.07) is 8.11. The number of aryl methyl sites for hydroxylation is 1. The molecule has 0 saturated carbocycles. The van der Waals surface area contributed by atoms with Gasteiger partial charge in [0.1, 0.15) is 11.5 Å². The molecule has 98 valence electrons.